The van der Waals surface area contributed by atoms with E-state index in [1.54, 1.807) is 19.2 Å². The molecule has 0 heterocycles. The van der Waals surface area contributed by atoms with Crippen molar-refractivity contribution in [1.29, 1.82) is 0 Å². The largest absolute Gasteiger partial charge is 0.495 e. The van der Waals surface area contributed by atoms with Crippen LogP contribution in [0.2, 0.25) is 0 Å². The second-order valence-electron chi connectivity index (χ2n) is 6.36. The van der Waals surface area contributed by atoms with Crippen LogP contribution in [-0.2, 0) is 4.57 Å². The molecular weight excluding hydrogens is 431 g/mol. The van der Waals surface area contributed by atoms with E-state index >= 15 is 0 Å². The quantitative estimate of drug-likeness (QED) is 0.508. The van der Waals surface area contributed by atoms with Crippen molar-refractivity contribution in [1.82, 2.24) is 0 Å². The number of hydrogen-bond acceptors (Lipinski definition) is 3. The maximum Gasteiger partial charge on any atom is 0.362 e. The summed E-state index contributed by atoms with van der Waals surface area (Å²) in [5.41, 5.74) is 3.83. The first-order chi connectivity index (χ1) is 12.7. The van der Waals surface area contributed by atoms with E-state index in [0.717, 1.165) is 43.2 Å². The fourth-order valence-electron chi connectivity index (χ4n) is 3.30. The summed E-state index contributed by atoms with van der Waals surface area (Å²) in [5.74, 6) is 1.17. The van der Waals surface area contributed by atoms with Crippen molar-refractivity contribution in [3.8, 4) is 22.6 Å². The lowest BCUT2D eigenvalue weighted by atomic mass is 9.90. The van der Waals surface area contributed by atoms with Crippen LogP contribution in [0.25, 0.3) is 21.9 Å². The smallest absolute Gasteiger partial charge is 0.362 e. The van der Waals surface area contributed by atoms with E-state index in [9.17, 15) is 4.57 Å². The number of fused-ring (bicyclic) bond motifs is 1. The van der Waals surface area contributed by atoms with Gasteiger partial charge in [-0.25, -0.2) is 0 Å². The highest BCUT2D eigenvalue weighted by Crippen LogP contribution is 2.45. The Morgan fingerprint density at radius 2 is 1.67 bits per heavy atom. The number of methoxy groups -OCH3 is 1. The average Bonchev–Trinajstić information content (AvgIpc) is 2.58. The molecule has 0 fully saturated rings. The number of halogens is 1. The second kappa shape index (κ2) is 7.64. The summed E-state index contributed by atoms with van der Waals surface area (Å²) in [7, 11) is -2.59. The van der Waals surface area contributed by atoms with Crippen molar-refractivity contribution < 1.29 is 23.8 Å². The Kier molecular flexibility index (Phi) is 5.63. The first-order valence-electron chi connectivity index (χ1n) is 8.25. The van der Waals surface area contributed by atoms with Gasteiger partial charge in [-0.2, -0.15) is 0 Å². The molecule has 27 heavy (non-hydrogen) atoms. The van der Waals surface area contributed by atoms with Crippen molar-refractivity contribution in [3.05, 3.63) is 58.1 Å². The molecule has 0 spiro atoms. The van der Waals surface area contributed by atoms with Gasteiger partial charge in [0, 0.05) is 5.56 Å². The van der Waals surface area contributed by atoms with Gasteiger partial charge in [-0.15, -0.1) is 0 Å². The van der Waals surface area contributed by atoms with E-state index in [0.29, 0.717) is 5.75 Å². The zero-order valence-electron chi connectivity index (χ0n) is 15.2. The van der Waals surface area contributed by atoms with Crippen molar-refractivity contribution in [3.63, 3.8) is 0 Å². The first-order valence-corrected chi connectivity index (χ1v) is 10.8. The molecule has 0 aromatic heterocycles. The van der Waals surface area contributed by atoms with Crippen molar-refractivity contribution in [2.45, 2.75) is 13.8 Å². The second-order valence-corrected chi connectivity index (χ2v) is 8.80. The Bertz CT molecular complexity index is 1030. The van der Waals surface area contributed by atoms with Gasteiger partial charge in [0.15, 0.2) is 6.35 Å². The summed E-state index contributed by atoms with van der Waals surface area (Å²) in [6.45, 7) is 3.89. The molecule has 3 rings (SSSR count). The molecule has 0 bridgehead atoms. The molecule has 0 unspecified atom stereocenters. The van der Waals surface area contributed by atoms with Gasteiger partial charge >= 0.3 is 7.60 Å². The van der Waals surface area contributed by atoms with E-state index in [4.69, 9.17) is 19.3 Å². The lowest BCUT2D eigenvalue weighted by Gasteiger charge is -2.19. The summed E-state index contributed by atoms with van der Waals surface area (Å²) in [6, 6.07) is 13.7. The maximum atomic E-state index is 11.1. The maximum absolute atomic E-state index is 11.1. The van der Waals surface area contributed by atoms with Gasteiger partial charge in [0.25, 0.3) is 0 Å². The van der Waals surface area contributed by atoms with E-state index in [2.05, 4.69) is 22.0 Å². The number of benzene rings is 3. The van der Waals surface area contributed by atoms with Crippen LogP contribution in [0.15, 0.2) is 46.9 Å². The normalized spacial score (nSPS) is 11.6. The third kappa shape index (κ3) is 4.19. The molecular formula is C20H20BrO5P. The fraction of sp³-hybridized carbons (Fsp3) is 0.200. The van der Waals surface area contributed by atoms with Gasteiger partial charge in [-0.3, -0.25) is 4.57 Å². The van der Waals surface area contributed by atoms with Crippen LogP contribution in [0.1, 0.15) is 11.1 Å². The minimum Gasteiger partial charge on any atom is -0.495 e. The van der Waals surface area contributed by atoms with Gasteiger partial charge in [-0.1, -0.05) is 24.3 Å². The predicted molar refractivity (Wildman–Crippen MR) is 111 cm³/mol. The Labute approximate surface area is 166 Å². The lowest BCUT2D eigenvalue weighted by molar-refractivity contribution is 0.300. The van der Waals surface area contributed by atoms with Crippen LogP contribution in [0, 0.1) is 13.8 Å². The summed E-state index contributed by atoms with van der Waals surface area (Å²) >= 11 is 3.60. The number of aryl methyl sites for hydroxylation is 2. The van der Waals surface area contributed by atoms with E-state index in [1.807, 2.05) is 38.1 Å². The van der Waals surface area contributed by atoms with Crippen molar-refractivity contribution >= 4 is 34.3 Å². The van der Waals surface area contributed by atoms with Gasteiger partial charge in [0.05, 0.1) is 11.6 Å². The van der Waals surface area contributed by atoms with Crippen LogP contribution >= 0.6 is 23.5 Å². The molecule has 3 aromatic rings. The fourth-order valence-corrected chi connectivity index (χ4v) is 4.23. The topological polar surface area (TPSA) is 76.0 Å². The van der Waals surface area contributed by atoms with E-state index in [1.165, 1.54) is 0 Å². The number of hydrogen-bond donors (Lipinski definition) is 2. The van der Waals surface area contributed by atoms with Crippen LogP contribution in [0.5, 0.6) is 11.5 Å². The highest BCUT2D eigenvalue weighted by molar-refractivity contribution is 9.10. The summed E-state index contributed by atoms with van der Waals surface area (Å²) in [6.07, 6.45) is -0.644. The molecule has 0 amide bonds. The van der Waals surface area contributed by atoms with Crippen molar-refractivity contribution in [2.24, 2.45) is 0 Å². The first kappa shape index (κ1) is 19.9. The minimum absolute atomic E-state index is 0.426. The van der Waals surface area contributed by atoms with Gasteiger partial charge in [0.2, 0.25) is 0 Å². The zero-order chi connectivity index (χ0) is 19.8. The Hall–Kier alpha value is -1.85. The standard InChI is InChI=1S/C20H20BrO5P/c1-12-8-15(26-11-27(22,23)24)9-13(2)18(12)19-16-7-5-4-6-14(16)10-17(21)20(19)25-3/h4-10H,11H2,1-3H3,(H2,22,23,24). The molecule has 5 nitrogen and oxygen atoms in total. The molecule has 0 aliphatic rings. The zero-order valence-corrected chi connectivity index (χ0v) is 17.7. The molecule has 0 aliphatic carbocycles. The van der Waals surface area contributed by atoms with Gasteiger partial charge < -0.3 is 19.3 Å². The monoisotopic (exact) mass is 450 g/mol. The predicted octanol–water partition coefficient (Wildman–Crippen LogP) is 5.41. The molecule has 142 valence electrons. The molecule has 3 aromatic carbocycles. The Morgan fingerprint density at radius 1 is 1.04 bits per heavy atom. The summed E-state index contributed by atoms with van der Waals surface area (Å²) in [4.78, 5) is 18.1. The molecule has 0 saturated heterocycles. The average molecular weight is 451 g/mol. The molecule has 0 saturated carbocycles. The van der Waals surface area contributed by atoms with Crippen molar-refractivity contribution in [2.75, 3.05) is 13.5 Å². The summed E-state index contributed by atoms with van der Waals surface area (Å²) in [5, 5.41) is 2.15. The van der Waals surface area contributed by atoms with Crippen LogP contribution < -0.4 is 9.47 Å². The third-order valence-electron chi connectivity index (χ3n) is 4.32. The minimum atomic E-state index is -4.23. The van der Waals surface area contributed by atoms with Crippen LogP contribution in [0.4, 0.5) is 0 Å². The Morgan fingerprint density at radius 3 is 2.26 bits per heavy atom. The molecule has 0 aliphatic heterocycles. The van der Waals surface area contributed by atoms with Gasteiger partial charge in [-0.05, 0) is 75.4 Å². The SMILES string of the molecule is COc1c(Br)cc2ccccc2c1-c1c(C)cc(OCP(=O)(O)O)cc1C. The van der Waals surface area contributed by atoms with Gasteiger partial charge in [0.1, 0.15) is 11.5 Å². The molecule has 0 atom stereocenters. The number of rotatable bonds is 5. The Balaban J connectivity index is 2.21. The molecule has 2 N–H and O–H groups in total. The van der Waals surface area contributed by atoms with Crippen LogP contribution in [0.3, 0.4) is 0 Å². The molecule has 7 heteroatoms. The van der Waals surface area contributed by atoms with E-state index < -0.39 is 13.9 Å². The van der Waals surface area contributed by atoms with E-state index in [-0.39, 0.29) is 0 Å². The highest BCUT2D eigenvalue weighted by atomic mass is 79.9. The number of ether oxygens (including phenoxy) is 2. The summed E-state index contributed by atoms with van der Waals surface area (Å²) < 4.78 is 22.9. The molecule has 0 radical (unpaired) electrons. The third-order valence-corrected chi connectivity index (χ3v) is 5.37. The van der Waals surface area contributed by atoms with Crippen LogP contribution in [-0.4, -0.2) is 23.2 Å². The highest BCUT2D eigenvalue weighted by Gasteiger charge is 2.20. The lowest BCUT2D eigenvalue weighted by Crippen LogP contribution is -2.00.